The zero-order valence-corrected chi connectivity index (χ0v) is 14.1. The summed E-state index contributed by atoms with van der Waals surface area (Å²) in [5.74, 6) is 1.70. The average Bonchev–Trinajstić information content (AvgIpc) is 2.61. The van der Waals surface area contributed by atoms with E-state index in [9.17, 15) is 9.18 Å². The van der Waals surface area contributed by atoms with Crippen LogP contribution in [0.1, 0.15) is 18.0 Å². The van der Waals surface area contributed by atoms with Gasteiger partial charge in [-0.2, -0.15) is 0 Å². The van der Waals surface area contributed by atoms with Crippen molar-refractivity contribution in [3.05, 3.63) is 53.8 Å². The molecule has 0 saturated heterocycles. The van der Waals surface area contributed by atoms with Gasteiger partial charge in [0.05, 0.1) is 13.2 Å². The van der Waals surface area contributed by atoms with Gasteiger partial charge in [-0.15, -0.1) is 11.8 Å². The first-order valence-electron chi connectivity index (χ1n) is 7.64. The van der Waals surface area contributed by atoms with Crippen molar-refractivity contribution >= 4 is 17.7 Å². The predicted molar refractivity (Wildman–Crippen MR) is 91.1 cm³/mol. The van der Waals surface area contributed by atoms with Crippen LogP contribution in [-0.2, 0) is 4.79 Å². The van der Waals surface area contributed by atoms with Crippen LogP contribution in [0.5, 0.6) is 11.5 Å². The summed E-state index contributed by atoms with van der Waals surface area (Å²) in [4.78, 5) is 13.2. The fourth-order valence-corrected chi connectivity index (χ4v) is 3.68. The molecule has 0 spiro atoms. The number of carbonyl (C=O) groups excluding carboxylic acids is 1. The number of halogens is 1. The van der Waals surface area contributed by atoms with E-state index in [4.69, 9.17) is 9.47 Å². The van der Waals surface area contributed by atoms with Crippen LogP contribution in [0.25, 0.3) is 0 Å². The Balaban J connectivity index is 1.58. The number of thioether (sulfide) groups is 1. The summed E-state index contributed by atoms with van der Waals surface area (Å²) in [7, 11) is 1.59. The largest absolute Gasteiger partial charge is 0.497 e. The van der Waals surface area contributed by atoms with Gasteiger partial charge >= 0.3 is 0 Å². The third-order valence-corrected chi connectivity index (χ3v) is 4.90. The number of methoxy groups -OCH3 is 1. The Bertz CT molecular complexity index is 721. The van der Waals surface area contributed by atoms with E-state index in [2.05, 4.69) is 5.32 Å². The molecule has 0 bridgehead atoms. The standard InChI is InChI=1S/C18H18FNO3S/c1-22-13-3-5-14(6-4-13)23-11-18(21)20-16-8-9-24-17-7-2-12(19)10-15(16)17/h2-7,10,16H,8-9,11H2,1H3,(H,20,21). The fraction of sp³-hybridized carbons (Fsp3) is 0.278. The Kier molecular flexibility index (Phi) is 5.25. The van der Waals surface area contributed by atoms with Crippen molar-refractivity contribution in [3.63, 3.8) is 0 Å². The number of ether oxygens (including phenoxy) is 2. The van der Waals surface area contributed by atoms with E-state index in [-0.39, 0.29) is 24.4 Å². The minimum Gasteiger partial charge on any atom is -0.497 e. The minimum atomic E-state index is -0.287. The summed E-state index contributed by atoms with van der Waals surface area (Å²) < 4.78 is 24.0. The van der Waals surface area contributed by atoms with Crippen molar-refractivity contribution < 1.29 is 18.7 Å². The maximum atomic E-state index is 13.5. The minimum absolute atomic E-state index is 0.0827. The quantitative estimate of drug-likeness (QED) is 0.898. The molecular weight excluding hydrogens is 329 g/mol. The van der Waals surface area contributed by atoms with Crippen LogP contribution in [-0.4, -0.2) is 25.4 Å². The molecule has 1 amide bonds. The van der Waals surface area contributed by atoms with Crippen LogP contribution in [0, 0.1) is 5.82 Å². The summed E-state index contributed by atoms with van der Waals surface area (Å²) in [5.41, 5.74) is 0.837. The van der Waals surface area contributed by atoms with Gasteiger partial charge in [0.25, 0.3) is 5.91 Å². The molecule has 24 heavy (non-hydrogen) atoms. The molecule has 2 aromatic carbocycles. The lowest BCUT2D eigenvalue weighted by molar-refractivity contribution is -0.123. The van der Waals surface area contributed by atoms with Crippen LogP contribution in [0.3, 0.4) is 0 Å². The summed E-state index contributed by atoms with van der Waals surface area (Å²) in [6, 6.07) is 11.6. The number of hydrogen-bond donors (Lipinski definition) is 1. The van der Waals surface area contributed by atoms with E-state index in [0.717, 1.165) is 28.4 Å². The molecule has 0 aliphatic carbocycles. The number of carbonyl (C=O) groups is 1. The summed E-state index contributed by atoms with van der Waals surface area (Å²) in [5, 5.41) is 2.93. The maximum Gasteiger partial charge on any atom is 0.258 e. The summed E-state index contributed by atoms with van der Waals surface area (Å²) >= 11 is 1.68. The molecule has 1 aliphatic rings. The summed E-state index contributed by atoms with van der Waals surface area (Å²) in [6.45, 7) is -0.0827. The fourth-order valence-electron chi connectivity index (χ4n) is 2.57. The van der Waals surface area contributed by atoms with Crippen molar-refractivity contribution in [3.8, 4) is 11.5 Å². The SMILES string of the molecule is COc1ccc(OCC(=O)NC2CCSc3ccc(F)cc32)cc1. The second kappa shape index (κ2) is 7.57. The highest BCUT2D eigenvalue weighted by molar-refractivity contribution is 7.99. The first-order valence-corrected chi connectivity index (χ1v) is 8.63. The maximum absolute atomic E-state index is 13.5. The molecule has 0 aromatic heterocycles. The van der Waals surface area contributed by atoms with E-state index < -0.39 is 0 Å². The number of fused-ring (bicyclic) bond motifs is 1. The van der Waals surface area contributed by atoms with Gasteiger partial charge in [0, 0.05) is 10.6 Å². The highest BCUT2D eigenvalue weighted by atomic mass is 32.2. The molecule has 0 fully saturated rings. The van der Waals surface area contributed by atoms with Gasteiger partial charge in [0.2, 0.25) is 0 Å². The molecule has 0 radical (unpaired) electrons. The molecule has 0 saturated carbocycles. The molecule has 1 aliphatic heterocycles. The monoisotopic (exact) mass is 347 g/mol. The Morgan fingerprint density at radius 1 is 1.25 bits per heavy atom. The lowest BCUT2D eigenvalue weighted by Gasteiger charge is -2.26. The van der Waals surface area contributed by atoms with Crippen LogP contribution < -0.4 is 14.8 Å². The molecule has 1 atom stereocenters. The second-order valence-electron chi connectivity index (χ2n) is 5.40. The molecule has 126 valence electrons. The van der Waals surface area contributed by atoms with Crippen molar-refractivity contribution in [1.29, 1.82) is 0 Å². The lowest BCUT2D eigenvalue weighted by atomic mass is 10.0. The third-order valence-electron chi connectivity index (χ3n) is 3.78. The van der Waals surface area contributed by atoms with Crippen LogP contribution in [0.2, 0.25) is 0 Å². The molecule has 1 heterocycles. The lowest BCUT2D eigenvalue weighted by Crippen LogP contribution is -2.34. The zero-order chi connectivity index (χ0) is 16.9. The van der Waals surface area contributed by atoms with E-state index in [0.29, 0.717) is 5.75 Å². The van der Waals surface area contributed by atoms with Gasteiger partial charge in [0.1, 0.15) is 17.3 Å². The highest BCUT2D eigenvalue weighted by Crippen LogP contribution is 2.36. The average molecular weight is 347 g/mol. The summed E-state index contributed by atoms with van der Waals surface area (Å²) in [6.07, 6.45) is 0.773. The van der Waals surface area contributed by atoms with Gasteiger partial charge in [0.15, 0.2) is 6.61 Å². The first-order chi connectivity index (χ1) is 11.7. The normalized spacial score (nSPS) is 16.2. The molecule has 4 nitrogen and oxygen atoms in total. The predicted octanol–water partition coefficient (Wildman–Crippen LogP) is 3.57. The van der Waals surface area contributed by atoms with Gasteiger partial charge in [-0.3, -0.25) is 4.79 Å². The van der Waals surface area contributed by atoms with E-state index >= 15 is 0 Å². The van der Waals surface area contributed by atoms with E-state index in [1.165, 1.54) is 12.1 Å². The molecule has 1 N–H and O–H groups in total. The van der Waals surface area contributed by atoms with Gasteiger partial charge in [-0.05, 0) is 54.4 Å². The molecular formula is C18H18FNO3S. The van der Waals surface area contributed by atoms with Crippen molar-refractivity contribution in [2.45, 2.75) is 17.4 Å². The van der Waals surface area contributed by atoms with E-state index in [1.54, 1.807) is 49.2 Å². The Hall–Kier alpha value is -2.21. The molecule has 2 aromatic rings. The number of benzene rings is 2. The van der Waals surface area contributed by atoms with Crippen molar-refractivity contribution in [2.24, 2.45) is 0 Å². The molecule has 1 unspecified atom stereocenters. The second-order valence-corrected chi connectivity index (χ2v) is 6.54. The number of nitrogens with one attached hydrogen (secondary N) is 1. The first kappa shape index (κ1) is 16.6. The van der Waals surface area contributed by atoms with Gasteiger partial charge in [-0.1, -0.05) is 0 Å². The number of hydrogen-bond acceptors (Lipinski definition) is 4. The van der Waals surface area contributed by atoms with E-state index in [1.807, 2.05) is 0 Å². The van der Waals surface area contributed by atoms with Crippen molar-refractivity contribution in [2.75, 3.05) is 19.5 Å². The van der Waals surface area contributed by atoms with Gasteiger partial charge in [-0.25, -0.2) is 4.39 Å². The Morgan fingerprint density at radius 2 is 2.00 bits per heavy atom. The Morgan fingerprint density at radius 3 is 2.75 bits per heavy atom. The van der Waals surface area contributed by atoms with Crippen LogP contribution in [0.4, 0.5) is 4.39 Å². The smallest absolute Gasteiger partial charge is 0.258 e. The highest BCUT2D eigenvalue weighted by Gasteiger charge is 2.23. The van der Waals surface area contributed by atoms with Gasteiger partial charge < -0.3 is 14.8 Å². The van der Waals surface area contributed by atoms with Crippen molar-refractivity contribution in [1.82, 2.24) is 5.32 Å². The van der Waals surface area contributed by atoms with Crippen LogP contribution >= 0.6 is 11.8 Å². The Labute approximate surface area is 144 Å². The number of amides is 1. The topological polar surface area (TPSA) is 47.6 Å². The molecule has 3 rings (SSSR count). The zero-order valence-electron chi connectivity index (χ0n) is 13.3. The number of rotatable bonds is 5. The van der Waals surface area contributed by atoms with Crippen LogP contribution in [0.15, 0.2) is 47.4 Å². The third kappa shape index (κ3) is 4.00. The molecule has 6 heteroatoms.